The molecule has 1 aromatic carbocycles. The van der Waals surface area contributed by atoms with Crippen molar-refractivity contribution in [2.75, 3.05) is 6.61 Å². The molecule has 0 atom stereocenters. The van der Waals surface area contributed by atoms with Gasteiger partial charge in [-0.3, -0.25) is 0 Å². The molecule has 0 saturated carbocycles. The van der Waals surface area contributed by atoms with E-state index in [4.69, 9.17) is 0 Å². The zero-order valence-electron chi connectivity index (χ0n) is 10.4. The molecule has 22 heavy (non-hydrogen) atoms. The Morgan fingerprint density at radius 3 is 1.59 bits per heavy atom. The van der Waals surface area contributed by atoms with E-state index in [9.17, 15) is 44.3 Å². The van der Waals surface area contributed by atoms with Crippen molar-refractivity contribution in [3.63, 3.8) is 0 Å². The molecule has 1 rings (SSSR count). The molecule has 2 nitrogen and oxygen atoms in total. The molecule has 0 aliphatic carbocycles. The van der Waals surface area contributed by atoms with Gasteiger partial charge in [0.15, 0.2) is 29.9 Å². The van der Waals surface area contributed by atoms with E-state index in [0.29, 0.717) is 0 Å². The summed E-state index contributed by atoms with van der Waals surface area (Å²) in [4.78, 5) is 11.1. The first-order valence-corrected chi connectivity index (χ1v) is 5.25. The monoisotopic (exact) mass is 340 g/mol. The summed E-state index contributed by atoms with van der Waals surface area (Å²) in [6.45, 7) is -2.55. The molecule has 0 unspecified atom stereocenters. The average molecular weight is 340 g/mol. The summed E-state index contributed by atoms with van der Waals surface area (Å²) in [7, 11) is 0. The molecule has 0 fully saturated rings. The highest BCUT2D eigenvalue weighted by Gasteiger charge is 2.53. The van der Waals surface area contributed by atoms with Gasteiger partial charge in [-0.25, -0.2) is 35.5 Å². The summed E-state index contributed by atoms with van der Waals surface area (Å²) in [6.07, 6.45) is 0. The van der Waals surface area contributed by atoms with Crippen LogP contribution in [0.25, 0.3) is 0 Å². The topological polar surface area (TPSA) is 26.3 Å². The Labute approximate surface area is 116 Å². The molecule has 1 aromatic rings. The van der Waals surface area contributed by atoms with Gasteiger partial charge in [0, 0.05) is 6.92 Å². The van der Waals surface area contributed by atoms with E-state index >= 15 is 0 Å². The lowest BCUT2D eigenvalue weighted by atomic mass is 10.1. The van der Waals surface area contributed by atoms with Crippen molar-refractivity contribution in [2.45, 2.75) is 18.8 Å². The summed E-state index contributed by atoms with van der Waals surface area (Å²) in [6, 6.07) is 0. The second-order valence-corrected chi connectivity index (χ2v) is 4.11. The van der Waals surface area contributed by atoms with Crippen LogP contribution >= 0.6 is 0 Å². The fourth-order valence-corrected chi connectivity index (χ4v) is 1.14. The Kier molecular flexibility index (Phi) is 4.68. The van der Waals surface area contributed by atoms with E-state index in [1.807, 2.05) is 0 Å². The minimum Gasteiger partial charge on any atom is -0.455 e. The molecule has 0 aromatic heterocycles. The molecule has 0 spiro atoms. The number of halogens is 9. The SMILES string of the molecule is CC(F)(F)C(F)(F)COC(=O)c1c(F)c(F)c(F)c(F)c1F. The molecule has 11 heteroatoms. The van der Waals surface area contributed by atoms with Crippen molar-refractivity contribution in [1.29, 1.82) is 0 Å². The van der Waals surface area contributed by atoms with Crippen LogP contribution < -0.4 is 0 Å². The number of benzene rings is 1. The fourth-order valence-electron chi connectivity index (χ4n) is 1.14. The highest BCUT2D eigenvalue weighted by molar-refractivity contribution is 5.90. The molecule has 0 aliphatic heterocycles. The van der Waals surface area contributed by atoms with Crippen LogP contribution in [-0.2, 0) is 4.74 Å². The van der Waals surface area contributed by atoms with Gasteiger partial charge in [0.1, 0.15) is 5.56 Å². The van der Waals surface area contributed by atoms with E-state index < -0.39 is 59.1 Å². The highest BCUT2D eigenvalue weighted by atomic mass is 19.3. The smallest absolute Gasteiger partial charge is 0.344 e. The van der Waals surface area contributed by atoms with E-state index in [0.717, 1.165) is 0 Å². The second kappa shape index (κ2) is 5.69. The lowest BCUT2D eigenvalue weighted by molar-refractivity contribution is -0.215. The number of esters is 1. The number of ether oxygens (including phenoxy) is 1. The lowest BCUT2D eigenvalue weighted by Crippen LogP contribution is -2.42. The Morgan fingerprint density at radius 2 is 1.23 bits per heavy atom. The summed E-state index contributed by atoms with van der Waals surface area (Å²) in [5, 5.41) is 0. The number of alkyl halides is 4. The van der Waals surface area contributed by atoms with Crippen molar-refractivity contribution < 1.29 is 49.0 Å². The third-order valence-electron chi connectivity index (χ3n) is 2.44. The predicted molar refractivity (Wildman–Crippen MR) is 52.1 cm³/mol. The average Bonchev–Trinajstić information content (AvgIpc) is 2.40. The summed E-state index contributed by atoms with van der Waals surface area (Å²) < 4.78 is 119. The first-order valence-electron chi connectivity index (χ1n) is 5.25. The molecule has 0 heterocycles. The minimum absolute atomic E-state index is 0.223. The van der Waals surface area contributed by atoms with Crippen LogP contribution in [0.3, 0.4) is 0 Å². The predicted octanol–water partition coefficient (Wildman–Crippen LogP) is 3.83. The van der Waals surface area contributed by atoms with E-state index in [1.165, 1.54) is 0 Å². The quantitative estimate of drug-likeness (QED) is 0.360. The zero-order chi connectivity index (χ0) is 17.5. The number of rotatable bonds is 4. The first kappa shape index (κ1) is 18.1. The van der Waals surface area contributed by atoms with Crippen molar-refractivity contribution in [3.8, 4) is 0 Å². The number of hydrogen-bond acceptors (Lipinski definition) is 2. The molecule has 124 valence electrons. The van der Waals surface area contributed by atoms with Gasteiger partial charge in [0.2, 0.25) is 5.82 Å². The van der Waals surface area contributed by atoms with Gasteiger partial charge < -0.3 is 4.74 Å². The van der Waals surface area contributed by atoms with Gasteiger partial charge in [-0.15, -0.1) is 0 Å². The Hall–Kier alpha value is -1.94. The van der Waals surface area contributed by atoms with Crippen LogP contribution in [0.4, 0.5) is 39.5 Å². The van der Waals surface area contributed by atoms with Gasteiger partial charge in [-0.05, 0) is 0 Å². The molecule has 0 aliphatic rings. The maximum absolute atomic E-state index is 13.1. The molecule has 0 N–H and O–H groups in total. The van der Waals surface area contributed by atoms with Crippen LogP contribution in [0.1, 0.15) is 17.3 Å². The van der Waals surface area contributed by atoms with Gasteiger partial charge in [-0.1, -0.05) is 0 Å². The molecule has 0 bridgehead atoms. The fraction of sp³-hybridized carbons (Fsp3) is 0.364. The van der Waals surface area contributed by atoms with Crippen LogP contribution in [0.2, 0.25) is 0 Å². The van der Waals surface area contributed by atoms with Crippen molar-refractivity contribution in [1.82, 2.24) is 0 Å². The molecular weight excluding hydrogens is 335 g/mol. The van der Waals surface area contributed by atoms with Gasteiger partial charge >= 0.3 is 17.8 Å². The summed E-state index contributed by atoms with van der Waals surface area (Å²) in [5.41, 5.74) is -2.16. The number of carbonyl (C=O) groups excluding carboxylic acids is 1. The third-order valence-corrected chi connectivity index (χ3v) is 2.44. The summed E-state index contributed by atoms with van der Waals surface area (Å²) in [5.74, 6) is -24.8. The zero-order valence-corrected chi connectivity index (χ0v) is 10.4. The maximum atomic E-state index is 13.1. The minimum atomic E-state index is -4.91. The normalized spacial score (nSPS) is 12.5. The second-order valence-electron chi connectivity index (χ2n) is 4.11. The first-order chi connectivity index (χ1) is 9.81. The highest BCUT2D eigenvalue weighted by Crippen LogP contribution is 2.34. The molecule has 0 radical (unpaired) electrons. The number of carbonyl (C=O) groups is 1. The van der Waals surface area contributed by atoms with Gasteiger partial charge in [-0.2, -0.15) is 8.78 Å². The van der Waals surface area contributed by atoms with Gasteiger partial charge in [0.05, 0.1) is 0 Å². The lowest BCUT2D eigenvalue weighted by Gasteiger charge is -2.22. The standard InChI is InChI=1S/C11H5F9O2/c1-10(17,18)11(19,20)2-22-9(21)3-4(12)6(14)8(16)7(15)5(3)13/h2H2,1H3. The van der Waals surface area contributed by atoms with E-state index in [2.05, 4.69) is 4.74 Å². The van der Waals surface area contributed by atoms with E-state index in [1.54, 1.807) is 0 Å². The van der Waals surface area contributed by atoms with Crippen molar-refractivity contribution in [2.24, 2.45) is 0 Å². The van der Waals surface area contributed by atoms with E-state index in [-0.39, 0.29) is 6.92 Å². The van der Waals surface area contributed by atoms with Crippen LogP contribution in [0.5, 0.6) is 0 Å². The third kappa shape index (κ3) is 3.12. The van der Waals surface area contributed by atoms with Crippen molar-refractivity contribution >= 4 is 5.97 Å². The van der Waals surface area contributed by atoms with Crippen molar-refractivity contribution in [3.05, 3.63) is 34.6 Å². The Balaban J connectivity index is 3.12. The number of hydrogen-bond donors (Lipinski definition) is 0. The van der Waals surface area contributed by atoms with Gasteiger partial charge in [0.25, 0.3) is 0 Å². The Morgan fingerprint density at radius 1 is 0.864 bits per heavy atom. The molecular formula is C11H5F9O2. The molecule has 0 saturated heterocycles. The molecule has 0 amide bonds. The maximum Gasteiger partial charge on any atom is 0.344 e. The Bertz CT molecular complexity index is 578. The van der Waals surface area contributed by atoms with Crippen LogP contribution in [0, 0.1) is 29.1 Å². The summed E-state index contributed by atoms with van der Waals surface area (Å²) >= 11 is 0. The largest absolute Gasteiger partial charge is 0.455 e. The van der Waals surface area contributed by atoms with Crippen LogP contribution in [-0.4, -0.2) is 24.4 Å². The van der Waals surface area contributed by atoms with Crippen LogP contribution in [0.15, 0.2) is 0 Å².